The maximum atomic E-state index is 12.0. The monoisotopic (exact) mass is 536 g/mol. The van der Waals surface area contributed by atoms with E-state index in [2.05, 4.69) is 41.0 Å². The van der Waals surface area contributed by atoms with Crippen molar-refractivity contribution in [2.24, 2.45) is 0 Å². The van der Waals surface area contributed by atoms with Gasteiger partial charge in [0.25, 0.3) is 0 Å². The number of hydrogen-bond donors (Lipinski definition) is 0. The Bertz CT molecular complexity index is 891. The van der Waals surface area contributed by atoms with Crippen molar-refractivity contribution in [2.75, 3.05) is 13.2 Å². The summed E-state index contributed by atoms with van der Waals surface area (Å²) in [4.78, 5) is 45.1. The Kier molecular flexibility index (Phi) is 30.2. The fourth-order valence-corrected chi connectivity index (χ4v) is 3.06. The Morgan fingerprint density at radius 1 is 0.833 bits per heavy atom. The molecule has 0 fully saturated rings. The third kappa shape index (κ3) is 29.5. The van der Waals surface area contributed by atoms with E-state index in [0.717, 1.165) is 19.3 Å². The van der Waals surface area contributed by atoms with Gasteiger partial charge in [-0.15, -0.1) is 6.42 Å². The second-order valence-electron chi connectivity index (χ2n) is 7.28. The van der Waals surface area contributed by atoms with Crippen LogP contribution in [0.2, 0.25) is 0 Å². The molecule has 0 unspecified atom stereocenters. The topological polar surface area (TPSA) is 125 Å². The van der Waals surface area contributed by atoms with Gasteiger partial charge in [0.05, 0.1) is 14.4 Å². The van der Waals surface area contributed by atoms with E-state index in [1.54, 1.807) is 0 Å². The van der Waals surface area contributed by atoms with Gasteiger partial charge in [-0.05, 0) is 41.9 Å². The Labute approximate surface area is 259 Å². The summed E-state index contributed by atoms with van der Waals surface area (Å²) in [5.74, 6) is 13.8. The number of hydrogen-bond acceptors (Lipinski definition) is 8. The van der Waals surface area contributed by atoms with Crippen LogP contribution in [0, 0.1) is 47.9 Å². The molecule has 0 aliphatic rings. The SMILES string of the molecule is C#CC#CC#CC#CC(=O)OC[C@H](COP(=O)([O-])[O-])OC(=O)CCCCCCCCCCCC.[Na+].[Na+]. The molecule has 11 heteroatoms. The van der Waals surface area contributed by atoms with Crippen molar-refractivity contribution < 1.29 is 97.1 Å². The van der Waals surface area contributed by atoms with Gasteiger partial charge in [-0.25, -0.2) is 4.79 Å². The molecule has 0 aliphatic heterocycles. The van der Waals surface area contributed by atoms with Crippen LogP contribution in [0.15, 0.2) is 0 Å². The molecule has 0 aromatic carbocycles. The predicted molar refractivity (Wildman–Crippen MR) is 123 cm³/mol. The van der Waals surface area contributed by atoms with Crippen LogP contribution in [0.4, 0.5) is 0 Å². The first-order valence-corrected chi connectivity index (χ1v) is 12.7. The molecule has 0 aromatic rings. The van der Waals surface area contributed by atoms with Gasteiger partial charge < -0.3 is 28.3 Å². The molecule has 186 valence electrons. The van der Waals surface area contributed by atoms with E-state index < -0.39 is 39.1 Å². The van der Waals surface area contributed by atoms with Gasteiger partial charge in [0.15, 0.2) is 6.10 Å². The fourth-order valence-electron chi connectivity index (χ4n) is 2.71. The molecular weight excluding hydrogens is 505 g/mol. The Balaban J connectivity index is -0.00000544. The first kappa shape index (κ1) is 39.8. The summed E-state index contributed by atoms with van der Waals surface area (Å²) in [5.41, 5.74) is 0. The van der Waals surface area contributed by atoms with Gasteiger partial charge in [0.2, 0.25) is 0 Å². The summed E-state index contributed by atoms with van der Waals surface area (Å²) < 4.78 is 24.8. The fraction of sp³-hybridized carbons (Fsp3) is 0.600. The number of phosphoric ester groups is 1. The van der Waals surface area contributed by atoms with Crippen LogP contribution in [-0.4, -0.2) is 31.3 Å². The van der Waals surface area contributed by atoms with E-state index in [-0.39, 0.29) is 65.5 Å². The summed E-state index contributed by atoms with van der Waals surface area (Å²) >= 11 is 0. The van der Waals surface area contributed by atoms with Crippen LogP contribution in [0.3, 0.4) is 0 Å². The Morgan fingerprint density at radius 2 is 1.36 bits per heavy atom. The van der Waals surface area contributed by atoms with Crippen LogP contribution in [0.5, 0.6) is 0 Å². The number of unbranched alkanes of at least 4 members (excludes halogenated alkanes) is 9. The average molecular weight is 536 g/mol. The first-order valence-electron chi connectivity index (χ1n) is 11.3. The van der Waals surface area contributed by atoms with Crippen LogP contribution in [0.25, 0.3) is 0 Å². The second kappa shape index (κ2) is 27.3. The van der Waals surface area contributed by atoms with Gasteiger partial charge in [0.1, 0.15) is 6.61 Å². The van der Waals surface area contributed by atoms with Gasteiger partial charge in [-0.3, -0.25) is 4.79 Å². The maximum absolute atomic E-state index is 12.0. The molecular formula is C25H31Na2O8P. The predicted octanol–water partition coefficient (Wildman–Crippen LogP) is -3.75. The van der Waals surface area contributed by atoms with Crippen molar-refractivity contribution in [1.29, 1.82) is 0 Å². The van der Waals surface area contributed by atoms with Gasteiger partial charge >= 0.3 is 71.1 Å². The Morgan fingerprint density at radius 3 is 1.92 bits per heavy atom. The van der Waals surface area contributed by atoms with Gasteiger partial charge in [0, 0.05) is 12.3 Å². The van der Waals surface area contributed by atoms with Crippen molar-refractivity contribution in [3.63, 3.8) is 0 Å². The molecule has 0 aromatic heterocycles. The third-order valence-corrected chi connectivity index (χ3v) is 4.80. The van der Waals surface area contributed by atoms with E-state index >= 15 is 0 Å². The Hall–Kier alpha value is -0.710. The summed E-state index contributed by atoms with van der Waals surface area (Å²) in [6.45, 7) is 0.879. The molecule has 36 heavy (non-hydrogen) atoms. The minimum Gasteiger partial charge on any atom is -0.790 e. The van der Waals surface area contributed by atoms with E-state index in [4.69, 9.17) is 15.9 Å². The molecule has 0 radical (unpaired) electrons. The van der Waals surface area contributed by atoms with Crippen LogP contribution in [0.1, 0.15) is 77.6 Å². The van der Waals surface area contributed by atoms with Gasteiger partial charge in [-0.1, -0.05) is 64.7 Å². The van der Waals surface area contributed by atoms with Gasteiger partial charge in [-0.2, -0.15) is 0 Å². The van der Waals surface area contributed by atoms with E-state index in [0.29, 0.717) is 6.42 Å². The number of terminal acetylenes is 1. The zero-order valence-corrected chi connectivity index (χ0v) is 26.5. The third-order valence-electron chi connectivity index (χ3n) is 4.34. The van der Waals surface area contributed by atoms with Crippen molar-refractivity contribution in [3.8, 4) is 47.9 Å². The standard InChI is InChI=1S/C25H33O8P.2Na/c1-3-5-7-9-11-12-13-14-16-18-20-25(27)33-23(22-32-34(28,29)30)21-31-24(26)19-17-15-10-8-6-4-2;;/h2,23H,3,5,7,9,11-14,16,18,20-22H2,1H3,(H2,28,29,30);;/q;2*+1/p-2/t23-;;/m1../s1. The molecule has 0 saturated heterocycles. The van der Waals surface area contributed by atoms with E-state index in [9.17, 15) is 23.9 Å². The van der Waals surface area contributed by atoms with Crippen molar-refractivity contribution in [3.05, 3.63) is 0 Å². The van der Waals surface area contributed by atoms with Crippen LogP contribution >= 0.6 is 7.82 Å². The quantitative estimate of drug-likeness (QED) is 0.0464. The van der Waals surface area contributed by atoms with Crippen molar-refractivity contribution >= 4 is 19.8 Å². The molecule has 0 spiro atoms. The zero-order chi connectivity index (χ0) is 25.5. The molecule has 0 saturated carbocycles. The number of rotatable bonds is 17. The molecule has 0 heterocycles. The largest absolute Gasteiger partial charge is 1.00 e. The second-order valence-corrected chi connectivity index (χ2v) is 8.43. The summed E-state index contributed by atoms with van der Waals surface area (Å²) in [5, 5.41) is 0. The molecule has 0 bridgehead atoms. The number of carbonyl (C=O) groups is 2. The molecule has 1 atom stereocenters. The minimum absolute atomic E-state index is 0. The van der Waals surface area contributed by atoms with E-state index in [1.807, 2.05) is 11.8 Å². The average Bonchev–Trinajstić information content (AvgIpc) is 2.78. The molecule has 0 N–H and O–H groups in total. The normalized spacial score (nSPS) is 10.2. The summed E-state index contributed by atoms with van der Waals surface area (Å²) in [6.07, 6.45) is 14.8. The number of phosphoric acid groups is 1. The number of ether oxygens (including phenoxy) is 2. The first-order chi connectivity index (χ1) is 16.3. The summed E-state index contributed by atoms with van der Waals surface area (Å²) in [6, 6.07) is 0. The zero-order valence-electron chi connectivity index (χ0n) is 21.6. The molecule has 0 amide bonds. The summed E-state index contributed by atoms with van der Waals surface area (Å²) in [7, 11) is -5.29. The van der Waals surface area contributed by atoms with Crippen LogP contribution < -0.4 is 68.9 Å². The number of carbonyl (C=O) groups excluding carboxylic acids is 2. The smallest absolute Gasteiger partial charge is 0.790 e. The van der Waals surface area contributed by atoms with Crippen molar-refractivity contribution in [1.82, 2.24) is 0 Å². The molecule has 8 nitrogen and oxygen atoms in total. The minimum atomic E-state index is -5.29. The molecule has 0 rings (SSSR count). The number of esters is 2. The maximum Gasteiger partial charge on any atom is 1.00 e. The van der Waals surface area contributed by atoms with Crippen molar-refractivity contribution in [2.45, 2.75) is 83.7 Å². The van der Waals surface area contributed by atoms with Crippen LogP contribution in [-0.2, 0) is 28.2 Å². The molecule has 0 aliphatic carbocycles. The van der Waals surface area contributed by atoms with E-state index in [1.165, 1.54) is 38.5 Å².